The minimum Gasteiger partial charge on any atom is -0.424 e. The number of nitrogens with zero attached hydrogens (tertiary/aromatic N) is 3. The first kappa shape index (κ1) is 20.6. The molecule has 1 heterocycles. The largest absolute Gasteiger partial charge is 0.424 e. The van der Waals surface area contributed by atoms with Crippen molar-refractivity contribution >= 4 is 33.2 Å². The fourth-order valence-electron chi connectivity index (χ4n) is 2.50. The van der Waals surface area contributed by atoms with Crippen LogP contribution in [0.5, 0.6) is 11.8 Å². The third-order valence-corrected chi connectivity index (χ3v) is 6.30. The van der Waals surface area contributed by atoms with E-state index < -0.39 is 16.1 Å². The molecule has 0 spiro atoms. The Kier molecular flexibility index (Phi) is 5.95. The van der Waals surface area contributed by atoms with Gasteiger partial charge in [0.05, 0.1) is 21.0 Å². The molecule has 2 aromatic carbocycles. The average Bonchev–Trinajstić information content (AvgIpc) is 2.99. The molecule has 28 heavy (non-hydrogen) atoms. The summed E-state index contributed by atoms with van der Waals surface area (Å²) in [5.41, 5.74) is 1.11. The molecule has 148 valence electrons. The zero-order valence-electron chi connectivity index (χ0n) is 15.3. The van der Waals surface area contributed by atoms with E-state index in [2.05, 4.69) is 14.9 Å². The van der Waals surface area contributed by atoms with Gasteiger partial charge in [0.25, 0.3) is 0 Å². The quantitative estimate of drug-likeness (QED) is 0.618. The summed E-state index contributed by atoms with van der Waals surface area (Å²) in [6.07, 6.45) is 0. The van der Waals surface area contributed by atoms with E-state index >= 15 is 0 Å². The minimum absolute atomic E-state index is 0.00653. The second kappa shape index (κ2) is 8.08. The zero-order valence-corrected chi connectivity index (χ0v) is 17.7. The summed E-state index contributed by atoms with van der Waals surface area (Å²) in [7, 11) is -2.14. The van der Waals surface area contributed by atoms with Crippen molar-refractivity contribution in [2.45, 2.75) is 24.8 Å². The van der Waals surface area contributed by atoms with Gasteiger partial charge in [-0.15, -0.1) is 5.10 Å². The summed E-state index contributed by atoms with van der Waals surface area (Å²) < 4.78 is 35.1. The normalized spacial score (nSPS) is 12.8. The van der Waals surface area contributed by atoms with Gasteiger partial charge in [-0.3, -0.25) is 4.57 Å². The Bertz CT molecular complexity index is 1100. The average molecular weight is 441 g/mol. The van der Waals surface area contributed by atoms with Crippen molar-refractivity contribution in [2.75, 3.05) is 0 Å². The fraction of sp³-hybridized carbons (Fsp3) is 0.222. The molecule has 1 atom stereocenters. The molecule has 3 aromatic rings. The lowest BCUT2D eigenvalue weighted by Crippen LogP contribution is -2.28. The second-order valence-electron chi connectivity index (χ2n) is 6.23. The van der Waals surface area contributed by atoms with Crippen molar-refractivity contribution in [3.8, 4) is 11.8 Å². The van der Waals surface area contributed by atoms with E-state index in [1.165, 1.54) is 18.2 Å². The molecule has 0 amide bonds. The molecule has 0 saturated carbocycles. The van der Waals surface area contributed by atoms with Crippen molar-refractivity contribution in [2.24, 2.45) is 7.05 Å². The summed E-state index contributed by atoms with van der Waals surface area (Å²) in [5, 5.41) is 8.49. The molecule has 3 rings (SSSR count). The highest BCUT2D eigenvalue weighted by Crippen LogP contribution is 2.26. The highest BCUT2D eigenvalue weighted by Gasteiger charge is 2.23. The summed E-state index contributed by atoms with van der Waals surface area (Å²) in [6, 6.07) is 11.2. The van der Waals surface area contributed by atoms with E-state index in [-0.39, 0.29) is 21.0 Å². The molecule has 1 aromatic heterocycles. The van der Waals surface area contributed by atoms with Gasteiger partial charge < -0.3 is 4.74 Å². The van der Waals surface area contributed by atoms with Gasteiger partial charge in [0.1, 0.15) is 5.75 Å². The van der Waals surface area contributed by atoms with Gasteiger partial charge in [-0.25, -0.2) is 13.1 Å². The molecule has 0 bridgehead atoms. The number of hydrogen-bond acceptors (Lipinski definition) is 5. The van der Waals surface area contributed by atoms with Crippen LogP contribution < -0.4 is 9.46 Å². The number of halogens is 2. The molecule has 7 nitrogen and oxygen atoms in total. The monoisotopic (exact) mass is 440 g/mol. The SMILES string of the molecule is Cc1ccc(Oc2nnc([C@@H](C)NS(=O)(=O)c3ccc(Cl)c(Cl)c3)n2C)cc1. The van der Waals surface area contributed by atoms with Crippen molar-refractivity contribution in [1.29, 1.82) is 0 Å². The molecule has 0 aliphatic rings. The van der Waals surface area contributed by atoms with Gasteiger partial charge >= 0.3 is 6.01 Å². The molecule has 0 fully saturated rings. The van der Waals surface area contributed by atoms with Crippen LogP contribution in [0.3, 0.4) is 0 Å². The maximum atomic E-state index is 12.6. The Balaban J connectivity index is 1.79. The standard InChI is InChI=1S/C18H18Cl2N4O3S/c1-11-4-6-13(7-5-11)27-18-22-21-17(24(18)3)12(2)23-28(25,26)14-8-9-15(19)16(20)10-14/h4-10,12,23H,1-3H3/t12-/m1/s1. The molecule has 0 saturated heterocycles. The Labute approximate surface area is 173 Å². The van der Waals surface area contributed by atoms with Gasteiger partial charge in [-0.05, 0) is 44.2 Å². The van der Waals surface area contributed by atoms with Crippen LogP contribution in [0.15, 0.2) is 47.4 Å². The van der Waals surface area contributed by atoms with Crippen LogP contribution in [0, 0.1) is 6.92 Å². The summed E-state index contributed by atoms with van der Waals surface area (Å²) in [6.45, 7) is 3.64. The minimum atomic E-state index is -3.83. The van der Waals surface area contributed by atoms with Crippen LogP contribution in [-0.2, 0) is 17.1 Å². The lowest BCUT2D eigenvalue weighted by atomic mass is 10.2. The highest BCUT2D eigenvalue weighted by molar-refractivity contribution is 7.89. The highest BCUT2D eigenvalue weighted by atomic mass is 35.5. The molecular formula is C18H18Cl2N4O3S. The van der Waals surface area contributed by atoms with Crippen molar-refractivity contribution in [1.82, 2.24) is 19.5 Å². The first-order valence-corrected chi connectivity index (χ1v) is 10.5. The lowest BCUT2D eigenvalue weighted by Gasteiger charge is -2.14. The number of nitrogens with one attached hydrogen (secondary N) is 1. The van der Waals surface area contributed by atoms with Crippen LogP contribution in [0.2, 0.25) is 10.0 Å². The van der Waals surface area contributed by atoms with Crippen LogP contribution in [0.25, 0.3) is 0 Å². The van der Waals surface area contributed by atoms with Crippen molar-refractivity contribution in [3.63, 3.8) is 0 Å². The number of aryl methyl sites for hydroxylation is 1. The van der Waals surface area contributed by atoms with Crippen LogP contribution in [-0.4, -0.2) is 23.2 Å². The van der Waals surface area contributed by atoms with Crippen molar-refractivity contribution < 1.29 is 13.2 Å². The van der Waals surface area contributed by atoms with Gasteiger partial charge in [0.2, 0.25) is 10.0 Å². The number of benzene rings is 2. The molecular weight excluding hydrogens is 423 g/mol. The number of rotatable bonds is 6. The third-order valence-electron chi connectivity index (χ3n) is 4.02. The number of aromatic nitrogens is 3. The first-order valence-electron chi connectivity index (χ1n) is 8.28. The van der Waals surface area contributed by atoms with Gasteiger partial charge in [0, 0.05) is 7.05 Å². The Morgan fingerprint density at radius 2 is 1.75 bits per heavy atom. The lowest BCUT2D eigenvalue weighted by molar-refractivity contribution is 0.418. The first-order chi connectivity index (χ1) is 13.2. The number of sulfonamides is 1. The maximum Gasteiger partial charge on any atom is 0.322 e. The number of hydrogen-bond donors (Lipinski definition) is 1. The Hall–Kier alpha value is -2.13. The van der Waals surface area contributed by atoms with Gasteiger partial charge in [-0.2, -0.15) is 0 Å². The predicted molar refractivity (Wildman–Crippen MR) is 107 cm³/mol. The molecule has 10 heteroatoms. The topological polar surface area (TPSA) is 86.1 Å². The fourth-order valence-corrected chi connectivity index (χ4v) is 4.09. The molecule has 0 radical (unpaired) electrons. The molecule has 0 aliphatic heterocycles. The van der Waals surface area contributed by atoms with E-state index in [0.29, 0.717) is 11.6 Å². The molecule has 0 aliphatic carbocycles. The number of ether oxygens (including phenoxy) is 1. The predicted octanol–water partition coefficient (Wildman–Crippen LogP) is 4.26. The van der Waals surface area contributed by atoms with E-state index in [4.69, 9.17) is 27.9 Å². The van der Waals surface area contributed by atoms with Crippen LogP contribution in [0.1, 0.15) is 24.4 Å². The van der Waals surface area contributed by atoms with Gasteiger partial charge in [-0.1, -0.05) is 46.0 Å². The summed E-state index contributed by atoms with van der Waals surface area (Å²) in [5.74, 6) is 1.00. The zero-order chi connectivity index (χ0) is 20.5. The summed E-state index contributed by atoms with van der Waals surface area (Å²) in [4.78, 5) is 0.00653. The smallest absolute Gasteiger partial charge is 0.322 e. The van der Waals surface area contributed by atoms with E-state index in [9.17, 15) is 8.42 Å². The van der Waals surface area contributed by atoms with E-state index in [0.717, 1.165) is 5.56 Å². The van der Waals surface area contributed by atoms with Gasteiger partial charge in [0.15, 0.2) is 5.82 Å². The van der Waals surface area contributed by atoms with E-state index in [1.54, 1.807) is 18.5 Å². The van der Waals surface area contributed by atoms with Crippen molar-refractivity contribution in [3.05, 3.63) is 63.9 Å². The van der Waals surface area contributed by atoms with Crippen LogP contribution >= 0.6 is 23.2 Å². The molecule has 0 unspecified atom stereocenters. The Morgan fingerprint density at radius 1 is 1.07 bits per heavy atom. The molecule has 1 N–H and O–H groups in total. The van der Waals surface area contributed by atoms with Crippen LogP contribution in [0.4, 0.5) is 0 Å². The second-order valence-corrected chi connectivity index (χ2v) is 8.76. The maximum absolute atomic E-state index is 12.6. The Morgan fingerprint density at radius 3 is 2.39 bits per heavy atom. The summed E-state index contributed by atoms with van der Waals surface area (Å²) >= 11 is 11.8. The third kappa shape index (κ3) is 4.47. The van der Waals surface area contributed by atoms with E-state index in [1.807, 2.05) is 31.2 Å².